The maximum atomic E-state index is 9.96. The van der Waals surface area contributed by atoms with Crippen LogP contribution in [0.15, 0.2) is 0 Å². The van der Waals surface area contributed by atoms with E-state index in [0.717, 1.165) is 25.7 Å². The normalized spacial score (nSPS) is 9.40. The first-order valence-electron chi connectivity index (χ1n) is 3.33. The molecule has 4 heteroatoms. The summed E-state index contributed by atoms with van der Waals surface area (Å²) in [4.78, 5) is 0. The zero-order chi connectivity index (χ0) is 7.11. The summed E-state index contributed by atoms with van der Waals surface area (Å²) in [6.45, 7) is 2.11. The fourth-order valence-corrected chi connectivity index (χ4v) is 1.09. The molecule has 0 unspecified atom stereocenters. The molecule has 0 N–H and O–H groups in total. The van der Waals surface area contributed by atoms with Gasteiger partial charge in [0.1, 0.15) is 0 Å². The molecule has 0 rings (SSSR count). The molecule has 10 heavy (non-hydrogen) atoms. The standard InChI is InChI=1S/C6H13O2S.Na/c1-2-3-4-5-6-9(7)8;/h2-6H2,1H3;/q-1;+1. The van der Waals surface area contributed by atoms with Gasteiger partial charge in [-0.15, -0.1) is 0 Å². The molecule has 0 saturated carbocycles. The van der Waals surface area contributed by atoms with Crippen molar-refractivity contribution in [2.75, 3.05) is 5.75 Å². The first-order valence-corrected chi connectivity index (χ1v) is 4.57. The van der Waals surface area contributed by atoms with Crippen LogP contribution in [0.2, 0.25) is 0 Å². The van der Waals surface area contributed by atoms with Crippen molar-refractivity contribution in [3.63, 3.8) is 0 Å². The van der Waals surface area contributed by atoms with E-state index in [4.69, 9.17) is 0 Å². The zero-order valence-electron chi connectivity index (χ0n) is 6.76. The van der Waals surface area contributed by atoms with Gasteiger partial charge in [-0.2, -0.15) is 0 Å². The van der Waals surface area contributed by atoms with Crippen molar-refractivity contribution in [3.8, 4) is 0 Å². The molecule has 0 bridgehead atoms. The fourth-order valence-electron chi connectivity index (χ4n) is 0.647. The van der Waals surface area contributed by atoms with Gasteiger partial charge >= 0.3 is 29.6 Å². The topological polar surface area (TPSA) is 34.1 Å². The molecule has 0 aromatic carbocycles. The third-order valence-corrected chi connectivity index (χ3v) is 1.79. The van der Waals surface area contributed by atoms with Gasteiger partial charge < -0.3 is 8.42 Å². The smallest absolute Gasteiger partial charge is 0.424 e. The number of unbranched alkanes of at least 4 members (excludes halogenated alkanes) is 3. The largest absolute Gasteiger partial charge is 1.00 e. The van der Waals surface area contributed by atoms with Crippen LogP contribution in [0, 0.1) is 0 Å². The summed E-state index contributed by atoms with van der Waals surface area (Å²) < 4.78 is 19.9. The minimum atomic E-state index is -1.82. The fraction of sp³-hybridized carbons (Fsp3) is 1.00. The van der Waals surface area contributed by atoms with Crippen molar-refractivity contribution in [2.24, 2.45) is 0 Å². The molecule has 0 saturated heterocycles. The van der Waals surface area contributed by atoms with Crippen LogP contribution in [0.3, 0.4) is 0 Å². The summed E-state index contributed by atoms with van der Waals surface area (Å²) in [7, 11) is -1.82. The van der Waals surface area contributed by atoms with Gasteiger partial charge in [0.05, 0.1) is 0 Å². The Morgan fingerprint density at radius 2 is 1.70 bits per heavy atom. The first-order chi connectivity index (χ1) is 4.27. The second-order valence-corrected chi connectivity index (χ2v) is 3.08. The Morgan fingerprint density at radius 1 is 1.10 bits per heavy atom. The number of rotatable bonds is 5. The molecule has 0 spiro atoms. The average molecular weight is 172 g/mol. The summed E-state index contributed by atoms with van der Waals surface area (Å²) in [6, 6.07) is 0. The van der Waals surface area contributed by atoms with E-state index in [1.165, 1.54) is 0 Å². The van der Waals surface area contributed by atoms with Gasteiger partial charge in [0, 0.05) is 0 Å². The van der Waals surface area contributed by atoms with E-state index in [0.29, 0.717) is 5.75 Å². The number of hydrogen-bond donors (Lipinski definition) is 0. The van der Waals surface area contributed by atoms with Crippen molar-refractivity contribution < 1.29 is 38.0 Å². The molecule has 0 radical (unpaired) electrons. The van der Waals surface area contributed by atoms with E-state index >= 15 is 0 Å². The average Bonchev–Trinajstić information content (AvgIpc) is 1.80. The Balaban J connectivity index is 0. The van der Waals surface area contributed by atoms with Crippen molar-refractivity contribution >= 4 is 10.7 Å². The van der Waals surface area contributed by atoms with Crippen LogP contribution in [0.1, 0.15) is 32.6 Å². The molecule has 0 amide bonds. The van der Waals surface area contributed by atoms with Crippen LogP contribution in [0.4, 0.5) is 0 Å². The summed E-state index contributed by atoms with van der Waals surface area (Å²) in [5.74, 6) is 0.333. The third-order valence-electron chi connectivity index (χ3n) is 1.16. The molecular weight excluding hydrogens is 159 g/mol. The summed E-state index contributed by atoms with van der Waals surface area (Å²) in [6.07, 6.45) is 4.18. The van der Waals surface area contributed by atoms with Gasteiger partial charge in [-0.05, 0) is 0 Å². The quantitative estimate of drug-likeness (QED) is 0.299. The van der Waals surface area contributed by atoms with Crippen LogP contribution in [-0.2, 0) is 19.1 Å². The summed E-state index contributed by atoms with van der Waals surface area (Å²) in [5, 5.41) is 0. The molecule has 0 heterocycles. The monoisotopic (exact) mass is 172 g/mol. The predicted molar refractivity (Wildman–Crippen MR) is 37.7 cm³/mol. The molecule has 0 aliphatic rings. The van der Waals surface area contributed by atoms with Crippen LogP contribution in [0.5, 0.6) is 0 Å². The first kappa shape index (κ1) is 13.5. The van der Waals surface area contributed by atoms with Gasteiger partial charge in [-0.25, -0.2) is 0 Å². The van der Waals surface area contributed by atoms with Crippen LogP contribution < -0.4 is 29.6 Å². The molecule has 0 aliphatic carbocycles. The van der Waals surface area contributed by atoms with E-state index in [1.807, 2.05) is 0 Å². The minimum absolute atomic E-state index is 0. The molecule has 2 nitrogen and oxygen atoms in total. The molecule has 0 fully saturated rings. The van der Waals surface area contributed by atoms with Crippen LogP contribution in [0.25, 0.3) is 0 Å². The SMILES string of the molecule is CCCCCC[S-](=O)=O.[Na+]. The minimum Gasteiger partial charge on any atom is -0.424 e. The van der Waals surface area contributed by atoms with Crippen molar-refractivity contribution in [3.05, 3.63) is 0 Å². The Morgan fingerprint density at radius 3 is 2.10 bits per heavy atom. The molecule has 0 aromatic heterocycles. The molecule has 0 atom stereocenters. The Hall–Kier alpha value is 0.950. The van der Waals surface area contributed by atoms with Crippen molar-refractivity contribution in [1.82, 2.24) is 0 Å². The maximum Gasteiger partial charge on any atom is 1.00 e. The predicted octanol–water partition coefficient (Wildman–Crippen LogP) is -1.12. The maximum absolute atomic E-state index is 9.96. The van der Waals surface area contributed by atoms with Crippen LogP contribution >= 0.6 is 0 Å². The molecular formula is C6H13NaO2S. The summed E-state index contributed by atoms with van der Waals surface area (Å²) >= 11 is 0. The molecule has 56 valence electrons. The van der Waals surface area contributed by atoms with Crippen molar-refractivity contribution in [2.45, 2.75) is 32.6 Å². The van der Waals surface area contributed by atoms with E-state index in [1.54, 1.807) is 0 Å². The van der Waals surface area contributed by atoms with E-state index in [9.17, 15) is 8.42 Å². The third kappa shape index (κ3) is 11.7. The van der Waals surface area contributed by atoms with Gasteiger partial charge in [0.2, 0.25) is 0 Å². The van der Waals surface area contributed by atoms with Gasteiger partial charge in [-0.1, -0.05) is 49.1 Å². The van der Waals surface area contributed by atoms with Gasteiger partial charge in [0.25, 0.3) is 0 Å². The summed E-state index contributed by atoms with van der Waals surface area (Å²) in [5.41, 5.74) is 0. The zero-order valence-corrected chi connectivity index (χ0v) is 9.58. The van der Waals surface area contributed by atoms with Gasteiger partial charge in [-0.3, -0.25) is 0 Å². The van der Waals surface area contributed by atoms with Crippen LogP contribution in [-0.4, -0.2) is 5.75 Å². The molecule has 0 aliphatic heterocycles. The Kier molecular flexibility index (Phi) is 13.5. The second-order valence-electron chi connectivity index (χ2n) is 2.07. The van der Waals surface area contributed by atoms with Gasteiger partial charge in [0.15, 0.2) is 0 Å². The van der Waals surface area contributed by atoms with Crippen molar-refractivity contribution in [1.29, 1.82) is 0 Å². The Labute approximate surface area is 86.6 Å². The number of hydrogen-bond acceptors (Lipinski definition) is 3. The Bertz CT molecular complexity index is 115. The van der Waals surface area contributed by atoms with E-state index < -0.39 is 10.7 Å². The van der Waals surface area contributed by atoms with E-state index in [-0.39, 0.29) is 29.6 Å². The van der Waals surface area contributed by atoms with E-state index in [2.05, 4.69) is 6.92 Å². The molecule has 0 aromatic rings. The second kappa shape index (κ2) is 9.95.